The van der Waals surface area contributed by atoms with Crippen LogP contribution >= 0.6 is 0 Å². The summed E-state index contributed by atoms with van der Waals surface area (Å²) in [5.74, 6) is 2.02. The first-order valence-corrected chi connectivity index (χ1v) is 9.21. The van der Waals surface area contributed by atoms with E-state index in [4.69, 9.17) is 4.52 Å². The molecule has 1 saturated heterocycles. The molecule has 0 aromatic carbocycles. The fraction of sp³-hybridized carbons (Fsp3) is 0.400. The Morgan fingerprint density at radius 1 is 1.12 bits per heavy atom. The highest BCUT2D eigenvalue weighted by Gasteiger charge is 2.21. The lowest BCUT2D eigenvalue weighted by Gasteiger charge is -2.32. The van der Waals surface area contributed by atoms with E-state index >= 15 is 0 Å². The largest absolute Gasteiger partial charge is 0.334 e. The molecule has 3 aromatic heterocycles. The Morgan fingerprint density at radius 2 is 2.00 bits per heavy atom. The van der Waals surface area contributed by atoms with Crippen LogP contribution in [-0.4, -0.2) is 38.1 Å². The molecule has 3 aromatic rings. The summed E-state index contributed by atoms with van der Waals surface area (Å²) in [4.78, 5) is 15.4. The van der Waals surface area contributed by atoms with Gasteiger partial charge in [-0.05, 0) is 55.5 Å². The van der Waals surface area contributed by atoms with E-state index in [0.29, 0.717) is 11.8 Å². The smallest absolute Gasteiger partial charge is 0.259 e. The fourth-order valence-corrected chi connectivity index (χ4v) is 3.58. The zero-order valence-electron chi connectivity index (χ0n) is 14.8. The second kappa shape index (κ2) is 8.19. The van der Waals surface area contributed by atoms with Gasteiger partial charge >= 0.3 is 0 Å². The number of pyridine rings is 2. The predicted octanol–water partition coefficient (Wildman–Crippen LogP) is 3.37. The molecular weight excluding hydrogens is 326 g/mol. The molecular formula is C20H23N5O. The summed E-state index contributed by atoms with van der Waals surface area (Å²) in [6.07, 6.45) is 11.7. The maximum atomic E-state index is 5.37. The molecule has 0 spiro atoms. The zero-order chi connectivity index (χ0) is 17.6. The second-order valence-electron chi connectivity index (χ2n) is 6.90. The molecule has 0 bridgehead atoms. The van der Waals surface area contributed by atoms with Gasteiger partial charge in [0.05, 0.1) is 5.56 Å². The first kappa shape index (κ1) is 16.8. The molecule has 1 atom stereocenters. The SMILES string of the molecule is c1cncc(CN2CCCC(CCc3noc(-c4cccnc4)n3)C2)c1. The Hall–Kier alpha value is -2.60. The molecule has 1 fully saturated rings. The molecule has 134 valence electrons. The number of hydrogen-bond acceptors (Lipinski definition) is 6. The van der Waals surface area contributed by atoms with Gasteiger partial charge in [0, 0.05) is 44.3 Å². The molecule has 1 aliphatic rings. The molecule has 0 aliphatic carbocycles. The lowest BCUT2D eigenvalue weighted by molar-refractivity contribution is 0.161. The third-order valence-corrected chi connectivity index (χ3v) is 4.88. The highest BCUT2D eigenvalue weighted by Crippen LogP contribution is 2.23. The van der Waals surface area contributed by atoms with Crippen LogP contribution in [0.5, 0.6) is 0 Å². The Labute approximate surface area is 153 Å². The molecule has 0 N–H and O–H groups in total. The summed E-state index contributed by atoms with van der Waals surface area (Å²) in [6, 6.07) is 7.96. The highest BCUT2D eigenvalue weighted by molar-refractivity contribution is 5.50. The third kappa shape index (κ3) is 4.32. The standard InChI is InChI=1S/C20H23N5O/c1-4-17(12-21-9-1)15-25-11-3-5-16(14-25)7-8-19-23-20(26-24-19)18-6-2-10-22-13-18/h1-2,4,6,9-10,12-13,16H,3,5,7-8,11,14-15H2. The third-order valence-electron chi connectivity index (χ3n) is 4.88. The average Bonchev–Trinajstić information content (AvgIpc) is 3.17. The monoisotopic (exact) mass is 349 g/mol. The van der Waals surface area contributed by atoms with Gasteiger partial charge < -0.3 is 4.52 Å². The first-order chi connectivity index (χ1) is 12.9. The lowest BCUT2D eigenvalue weighted by atomic mass is 9.93. The van der Waals surface area contributed by atoms with Gasteiger partial charge in [0.25, 0.3) is 5.89 Å². The van der Waals surface area contributed by atoms with Crippen LogP contribution < -0.4 is 0 Å². The number of aryl methyl sites for hydroxylation is 1. The van der Waals surface area contributed by atoms with Gasteiger partial charge in [0.2, 0.25) is 0 Å². The number of nitrogens with zero attached hydrogens (tertiary/aromatic N) is 5. The van der Waals surface area contributed by atoms with Gasteiger partial charge in [-0.15, -0.1) is 0 Å². The fourth-order valence-electron chi connectivity index (χ4n) is 3.58. The summed E-state index contributed by atoms with van der Waals surface area (Å²) in [6.45, 7) is 3.28. The minimum absolute atomic E-state index is 0.551. The summed E-state index contributed by atoms with van der Waals surface area (Å²) in [7, 11) is 0. The van der Waals surface area contributed by atoms with E-state index in [1.54, 1.807) is 12.4 Å². The summed E-state index contributed by atoms with van der Waals surface area (Å²) < 4.78 is 5.37. The molecule has 0 amide bonds. The van der Waals surface area contributed by atoms with Crippen molar-refractivity contribution in [3.05, 3.63) is 60.4 Å². The molecule has 4 rings (SSSR count). The zero-order valence-corrected chi connectivity index (χ0v) is 14.8. The average molecular weight is 349 g/mol. The van der Waals surface area contributed by atoms with Crippen LogP contribution in [0.2, 0.25) is 0 Å². The van der Waals surface area contributed by atoms with Crippen molar-refractivity contribution in [2.24, 2.45) is 5.92 Å². The molecule has 26 heavy (non-hydrogen) atoms. The van der Waals surface area contributed by atoms with E-state index in [0.717, 1.165) is 37.3 Å². The van der Waals surface area contributed by atoms with Gasteiger partial charge in [-0.25, -0.2) is 0 Å². The van der Waals surface area contributed by atoms with Crippen molar-refractivity contribution in [1.82, 2.24) is 25.0 Å². The minimum Gasteiger partial charge on any atom is -0.334 e. The van der Waals surface area contributed by atoms with Crippen LogP contribution in [0.15, 0.2) is 53.6 Å². The second-order valence-corrected chi connectivity index (χ2v) is 6.90. The van der Waals surface area contributed by atoms with Crippen molar-refractivity contribution in [3.8, 4) is 11.5 Å². The van der Waals surface area contributed by atoms with Crippen molar-refractivity contribution >= 4 is 0 Å². The van der Waals surface area contributed by atoms with Crippen molar-refractivity contribution in [1.29, 1.82) is 0 Å². The quantitative estimate of drug-likeness (QED) is 0.680. The Bertz CT molecular complexity index is 805. The number of rotatable bonds is 6. The van der Waals surface area contributed by atoms with Gasteiger partial charge in [-0.1, -0.05) is 11.2 Å². The van der Waals surface area contributed by atoms with Crippen molar-refractivity contribution in [3.63, 3.8) is 0 Å². The van der Waals surface area contributed by atoms with Crippen LogP contribution in [0, 0.1) is 5.92 Å². The molecule has 0 saturated carbocycles. The van der Waals surface area contributed by atoms with Gasteiger partial charge in [0.1, 0.15) is 0 Å². The van der Waals surface area contributed by atoms with Gasteiger partial charge in [-0.2, -0.15) is 4.98 Å². The number of hydrogen-bond donors (Lipinski definition) is 0. The molecule has 1 unspecified atom stereocenters. The Balaban J connectivity index is 1.30. The van der Waals surface area contributed by atoms with E-state index in [1.165, 1.54) is 24.9 Å². The van der Waals surface area contributed by atoms with E-state index < -0.39 is 0 Å². The summed E-state index contributed by atoms with van der Waals surface area (Å²) in [5, 5.41) is 4.13. The van der Waals surface area contributed by atoms with Crippen LogP contribution in [-0.2, 0) is 13.0 Å². The maximum absolute atomic E-state index is 5.37. The molecule has 1 aliphatic heterocycles. The van der Waals surface area contributed by atoms with E-state index in [2.05, 4.69) is 31.1 Å². The topological polar surface area (TPSA) is 67.9 Å². The molecule has 4 heterocycles. The highest BCUT2D eigenvalue weighted by atomic mass is 16.5. The van der Waals surface area contributed by atoms with Crippen molar-refractivity contribution in [2.45, 2.75) is 32.2 Å². The molecule has 0 radical (unpaired) electrons. The van der Waals surface area contributed by atoms with Crippen LogP contribution in [0.1, 0.15) is 30.7 Å². The van der Waals surface area contributed by atoms with Crippen molar-refractivity contribution in [2.75, 3.05) is 13.1 Å². The van der Waals surface area contributed by atoms with E-state index in [9.17, 15) is 0 Å². The van der Waals surface area contributed by atoms with Crippen molar-refractivity contribution < 1.29 is 4.52 Å². The number of aromatic nitrogens is 4. The van der Waals surface area contributed by atoms with E-state index in [-0.39, 0.29) is 0 Å². The Kier molecular flexibility index (Phi) is 5.30. The number of piperidine rings is 1. The van der Waals surface area contributed by atoms with Gasteiger partial charge in [0.15, 0.2) is 5.82 Å². The molecule has 6 nitrogen and oxygen atoms in total. The summed E-state index contributed by atoms with van der Waals surface area (Å²) >= 11 is 0. The lowest BCUT2D eigenvalue weighted by Crippen LogP contribution is -2.35. The van der Waals surface area contributed by atoms with Crippen LogP contribution in [0.4, 0.5) is 0 Å². The van der Waals surface area contributed by atoms with E-state index in [1.807, 2.05) is 30.6 Å². The molecule has 6 heteroatoms. The predicted molar refractivity (Wildman–Crippen MR) is 98.1 cm³/mol. The maximum Gasteiger partial charge on any atom is 0.259 e. The first-order valence-electron chi connectivity index (χ1n) is 9.21. The number of likely N-dealkylation sites (tertiary alicyclic amines) is 1. The summed E-state index contributed by atoms with van der Waals surface area (Å²) in [5.41, 5.74) is 2.15. The minimum atomic E-state index is 0.551. The Morgan fingerprint density at radius 3 is 2.81 bits per heavy atom. The van der Waals surface area contributed by atoms with Crippen LogP contribution in [0.25, 0.3) is 11.5 Å². The normalized spacial score (nSPS) is 18.1. The van der Waals surface area contributed by atoms with Crippen LogP contribution in [0.3, 0.4) is 0 Å². The van der Waals surface area contributed by atoms with Gasteiger partial charge in [-0.3, -0.25) is 14.9 Å².